The Labute approximate surface area is 103 Å². The van der Waals surface area contributed by atoms with Crippen molar-refractivity contribution in [3.05, 3.63) is 48.0 Å². The maximum atomic E-state index is 12.5. The number of benzene rings is 1. The van der Waals surface area contributed by atoms with Crippen LogP contribution in [0.1, 0.15) is 17.5 Å². The van der Waals surface area contributed by atoms with Crippen LogP contribution in [0, 0.1) is 5.92 Å². The van der Waals surface area contributed by atoms with Gasteiger partial charge in [0.05, 0.1) is 5.56 Å². The van der Waals surface area contributed by atoms with Gasteiger partial charge in [-0.15, -0.1) is 6.58 Å². The summed E-state index contributed by atoms with van der Waals surface area (Å²) < 4.78 is 37.5. The van der Waals surface area contributed by atoms with E-state index in [-0.39, 0.29) is 6.42 Å². The summed E-state index contributed by atoms with van der Waals surface area (Å²) in [5.41, 5.74) is 4.91. The first-order chi connectivity index (χ1) is 8.34. The molecule has 0 fully saturated rings. The number of nitrogens with two attached hydrogens (primary N) is 1. The minimum atomic E-state index is -4.38. The van der Waals surface area contributed by atoms with E-state index >= 15 is 0 Å². The van der Waals surface area contributed by atoms with E-state index < -0.39 is 23.6 Å². The monoisotopic (exact) mass is 257 g/mol. The molecule has 0 aliphatic rings. The Hall–Kier alpha value is -1.78. The van der Waals surface area contributed by atoms with Crippen molar-refractivity contribution in [2.24, 2.45) is 11.7 Å². The van der Waals surface area contributed by atoms with Crippen LogP contribution >= 0.6 is 0 Å². The molecule has 2 nitrogen and oxygen atoms in total. The van der Waals surface area contributed by atoms with E-state index in [4.69, 9.17) is 5.73 Å². The first-order valence-electron chi connectivity index (χ1n) is 5.41. The van der Waals surface area contributed by atoms with Crippen molar-refractivity contribution < 1.29 is 18.0 Å². The van der Waals surface area contributed by atoms with Gasteiger partial charge in [-0.05, 0) is 24.5 Å². The van der Waals surface area contributed by atoms with Gasteiger partial charge in [0.25, 0.3) is 0 Å². The van der Waals surface area contributed by atoms with Gasteiger partial charge in [-0.1, -0.05) is 24.3 Å². The molecule has 0 bridgehead atoms. The number of amides is 1. The zero-order valence-corrected chi connectivity index (χ0v) is 9.70. The highest BCUT2D eigenvalue weighted by Gasteiger charge is 2.30. The molecule has 1 amide bonds. The summed E-state index contributed by atoms with van der Waals surface area (Å²) in [5, 5.41) is 0. The lowest BCUT2D eigenvalue weighted by atomic mass is 9.94. The van der Waals surface area contributed by atoms with Crippen molar-refractivity contribution >= 4 is 5.91 Å². The Balaban J connectivity index is 2.90. The fourth-order valence-corrected chi connectivity index (χ4v) is 1.66. The smallest absolute Gasteiger partial charge is 0.369 e. The molecule has 18 heavy (non-hydrogen) atoms. The van der Waals surface area contributed by atoms with Gasteiger partial charge in [-0.25, -0.2) is 0 Å². The summed E-state index contributed by atoms with van der Waals surface area (Å²) in [5.74, 6) is -1.06. The number of carbonyl (C=O) groups is 1. The number of alkyl halides is 3. The molecule has 0 aromatic heterocycles. The van der Waals surface area contributed by atoms with Crippen LogP contribution in [-0.4, -0.2) is 5.91 Å². The van der Waals surface area contributed by atoms with Crippen molar-refractivity contribution in [2.75, 3.05) is 0 Å². The molecule has 98 valence electrons. The summed E-state index contributed by atoms with van der Waals surface area (Å²) in [6, 6.07) is 4.91. The Bertz CT molecular complexity index is 440. The van der Waals surface area contributed by atoms with Crippen molar-refractivity contribution in [1.29, 1.82) is 0 Å². The molecule has 0 aliphatic carbocycles. The molecule has 0 unspecified atom stereocenters. The average Bonchev–Trinajstić information content (AvgIpc) is 2.27. The quantitative estimate of drug-likeness (QED) is 0.810. The van der Waals surface area contributed by atoms with Crippen molar-refractivity contribution in [3.8, 4) is 0 Å². The van der Waals surface area contributed by atoms with E-state index in [9.17, 15) is 18.0 Å². The normalized spacial score (nSPS) is 13.1. The van der Waals surface area contributed by atoms with E-state index in [1.54, 1.807) is 6.07 Å². The predicted octanol–water partition coefficient (Wildman–Crippen LogP) is 2.93. The van der Waals surface area contributed by atoms with Crippen molar-refractivity contribution in [1.82, 2.24) is 0 Å². The Morgan fingerprint density at radius 1 is 1.44 bits per heavy atom. The number of hydrogen-bond acceptors (Lipinski definition) is 1. The highest BCUT2D eigenvalue weighted by molar-refractivity contribution is 5.77. The summed E-state index contributed by atoms with van der Waals surface area (Å²) in [6.07, 6.45) is -2.31. The third kappa shape index (κ3) is 3.91. The molecule has 0 heterocycles. The number of carbonyl (C=O) groups excluding carboxylic acids is 1. The van der Waals surface area contributed by atoms with Crippen molar-refractivity contribution in [3.63, 3.8) is 0 Å². The number of halogens is 3. The number of rotatable bonds is 5. The SMILES string of the molecule is C=CC[C@H](Cc1cccc(C(F)(F)F)c1)C(N)=O. The van der Waals surface area contributed by atoms with Gasteiger partial charge in [0, 0.05) is 5.92 Å². The standard InChI is InChI=1S/C13H14F3NO/c1-2-4-10(12(17)18)7-9-5-3-6-11(8-9)13(14,15)16/h2-3,5-6,8,10H,1,4,7H2,(H2,17,18)/t10-/m1/s1. The summed E-state index contributed by atoms with van der Waals surface area (Å²) in [7, 11) is 0. The van der Waals surface area contributed by atoms with Crippen LogP contribution in [0.4, 0.5) is 13.2 Å². The molecule has 1 aromatic carbocycles. The predicted molar refractivity (Wildman–Crippen MR) is 62.6 cm³/mol. The third-order valence-corrected chi connectivity index (χ3v) is 2.59. The second-order valence-corrected chi connectivity index (χ2v) is 4.03. The van der Waals surface area contributed by atoms with Crippen LogP contribution in [0.3, 0.4) is 0 Å². The Morgan fingerprint density at radius 3 is 2.61 bits per heavy atom. The first-order valence-corrected chi connectivity index (χ1v) is 5.41. The lowest BCUT2D eigenvalue weighted by Crippen LogP contribution is -2.24. The summed E-state index contributed by atoms with van der Waals surface area (Å²) in [4.78, 5) is 11.1. The van der Waals surface area contributed by atoms with Crippen LogP contribution in [0.25, 0.3) is 0 Å². The molecule has 1 aromatic rings. The third-order valence-electron chi connectivity index (χ3n) is 2.59. The van der Waals surface area contributed by atoms with Gasteiger partial charge in [-0.3, -0.25) is 4.79 Å². The van der Waals surface area contributed by atoms with E-state index in [0.29, 0.717) is 12.0 Å². The van der Waals surface area contributed by atoms with Gasteiger partial charge >= 0.3 is 6.18 Å². The van der Waals surface area contributed by atoms with E-state index in [0.717, 1.165) is 12.1 Å². The zero-order valence-electron chi connectivity index (χ0n) is 9.70. The summed E-state index contributed by atoms with van der Waals surface area (Å²) in [6.45, 7) is 3.49. The molecule has 0 radical (unpaired) electrons. The first kappa shape index (κ1) is 14.3. The summed E-state index contributed by atoms with van der Waals surface area (Å²) >= 11 is 0. The second kappa shape index (κ2) is 5.71. The fraction of sp³-hybridized carbons (Fsp3) is 0.308. The Kier molecular flexibility index (Phi) is 4.53. The van der Waals surface area contributed by atoms with E-state index in [1.807, 2.05) is 0 Å². The molecule has 1 rings (SSSR count). The minimum absolute atomic E-state index is 0.186. The van der Waals surface area contributed by atoms with Crippen LogP contribution in [0.2, 0.25) is 0 Å². The van der Waals surface area contributed by atoms with Gasteiger partial charge < -0.3 is 5.73 Å². The van der Waals surface area contributed by atoms with Gasteiger partial charge in [-0.2, -0.15) is 13.2 Å². The lowest BCUT2D eigenvalue weighted by Gasteiger charge is -2.13. The number of allylic oxidation sites excluding steroid dienone is 1. The fourth-order valence-electron chi connectivity index (χ4n) is 1.66. The molecule has 5 heteroatoms. The van der Waals surface area contributed by atoms with Gasteiger partial charge in [0.15, 0.2) is 0 Å². The van der Waals surface area contributed by atoms with Gasteiger partial charge in [0.1, 0.15) is 0 Å². The van der Waals surface area contributed by atoms with Crippen molar-refractivity contribution in [2.45, 2.75) is 19.0 Å². The van der Waals surface area contributed by atoms with E-state index in [2.05, 4.69) is 6.58 Å². The van der Waals surface area contributed by atoms with Gasteiger partial charge in [0.2, 0.25) is 5.91 Å². The molecule has 0 spiro atoms. The number of primary amides is 1. The molecule has 0 saturated carbocycles. The molecular weight excluding hydrogens is 243 g/mol. The highest BCUT2D eigenvalue weighted by atomic mass is 19.4. The highest BCUT2D eigenvalue weighted by Crippen LogP contribution is 2.30. The van der Waals surface area contributed by atoms with Crippen LogP contribution < -0.4 is 5.73 Å². The minimum Gasteiger partial charge on any atom is -0.369 e. The van der Waals surface area contributed by atoms with Crippen LogP contribution in [0.15, 0.2) is 36.9 Å². The van der Waals surface area contributed by atoms with E-state index in [1.165, 1.54) is 12.1 Å². The Morgan fingerprint density at radius 2 is 2.11 bits per heavy atom. The lowest BCUT2D eigenvalue weighted by molar-refractivity contribution is -0.137. The number of hydrogen-bond donors (Lipinski definition) is 1. The van der Waals surface area contributed by atoms with Crippen LogP contribution in [-0.2, 0) is 17.4 Å². The largest absolute Gasteiger partial charge is 0.416 e. The average molecular weight is 257 g/mol. The molecule has 2 N–H and O–H groups in total. The zero-order chi connectivity index (χ0) is 13.8. The maximum absolute atomic E-state index is 12.5. The topological polar surface area (TPSA) is 43.1 Å². The maximum Gasteiger partial charge on any atom is 0.416 e. The second-order valence-electron chi connectivity index (χ2n) is 4.03. The molecule has 0 saturated heterocycles. The molecule has 1 atom stereocenters. The molecule has 0 aliphatic heterocycles. The van der Waals surface area contributed by atoms with Crippen LogP contribution in [0.5, 0.6) is 0 Å². The molecular formula is C13H14F3NO.